The molecule has 0 atom stereocenters. The van der Waals surface area contributed by atoms with E-state index < -0.39 is 0 Å². The Morgan fingerprint density at radius 1 is 1.35 bits per heavy atom. The second-order valence-corrected chi connectivity index (χ2v) is 6.50. The smallest absolute Gasteiger partial charge is 0.220 e. The monoisotopic (exact) mass is 356 g/mol. The number of carbonyl (C=O) groups is 1. The molecule has 4 rings (SSSR count). The molecule has 7 nitrogen and oxygen atoms in total. The summed E-state index contributed by atoms with van der Waals surface area (Å²) in [6.45, 7) is 3.14. The lowest BCUT2D eigenvalue weighted by Crippen LogP contribution is -2.23. The molecule has 3 N–H and O–H groups in total. The van der Waals surface area contributed by atoms with Gasteiger partial charge in [0.15, 0.2) is 0 Å². The number of amides is 1. The summed E-state index contributed by atoms with van der Waals surface area (Å²) >= 11 is 0. The Hall–Kier alpha value is -2.74. The largest absolute Gasteiger partial charge is 0.350 e. The minimum absolute atomic E-state index is 0.0574. The SMILES string of the molecule is O=C(CCc1nc2ccc(F)cc2[nH]1)NCc1cc2n(n1)CCCNC2. The zero-order valence-corrected chi connectivity index (χ0v) is 14.4. The molecule has 2 aromatic heterocycles. The van der Waals surface area contributed by atoms with Gasteiger partial charge in [0.05, 0.1) is 29.0 Å². The number of nitrogens with zero attached hydrogens (tertiary/aromatic N) is 3. The van der Waals surface area contributed by atoms with Crippen molar-refractivity contribution in [2.45, 2.75) is 38.9 Å². The fourth-order valence-electron chi connectivity index (χ4n) is 3.17. The van der Waals surface area contributed by atoms with Gasteiger partial charge in [-0.25, -0.2) is 9.37 Å². The summed E-state index contributed by atoms with van der Waals surface area (Å²) in [4.78, 5) is 19.5. The normalized spacial score (nSPS) is 14.2. The molecule has 1 aliphatic heterocycles. The molecule has 0 unspecified atom stereocenters. The number of aromatic nitrogens is 4. The number of H-pyrrole nitrogens is 1. The highest BCUT2D eigenvalue weighted by atomic mass is 19.1. The first kappa shape index (κ1) is 16.7. The number of carbonyl (C=O) groups excluding carboxylic acids is 1. The molecule has 0 fully saturated rings. The molecular weight excluding hydrogens is 335 g/mol. The first-order chi connectivity index (χ1) is 12.7. The van der Waals surface area contributed by atoms with E-state index in [0.717, 1.165) is 37.4 Å². The minimum Gasteiger partial charge on any atom is -0.350 e. The first-order valence-electron chi connectivity index (χ1n) is 8.84. The lowest BCUT2D eigenvalue weighted by atomic mass is 10.2. The van der Waals surface area contributed by atoms with Gasteiger partial charge >= 0.3 is 0 Å². The lowest BCUT2D eigenvalue weighted by molar-refractivity contribution is -0.121. The Balaban J connectivity index is 1.29. The predicted octanol–water partition coefficient (Wildman–Crippen LogP) is 1.64. The molecule has 0 saturated carbocycles. The zero-order chi connectivity index (χ0) is 17.9. The third kappa shape index (κ3) is 3.75. The summed E-state index contributed by atoms with van der Waals surface area (Å²) in [7, 11) is 0. The van der Waals surface area contributed by atoms with Crippen LogP contribution in [0, 0.1) is 5.82 Å². The molecule has 0 aliphatic carbocycles. The quantitative estimate of drug-likeness (QED) is 0.649. The van der Waals surface area contributed by atoms with E-state index in [1.165, 1.54) is 12.1 Å². The van der Waals surface area contributed by atoms with Crippen LogP contribution in [0.15, 0.2) is 24.3 Å². The average Bonchev–Trinajstić information content (AvgIpc) is 3.15. The van der Waals surface area contributed by atoms with Gasteiger partial charge in [-0.05, 0) is 37.2 Å². The summed E-state index contributed by atoms with van der Waals surface area (Å²) in [5.74, 6) is 0.317. The summed E-state index contributed by atoms with van der Waals surface area (Å²) < 4.78 is 15.2. The molecule has 1 amide bonds. The number of imidazole rings is 1. The number of halogens is 1. The molecule has 0 saturated heterocycles. The Morgan fingerprint density at radius 2 is 2.27 bits per heavy atom. The Labute approximate surface area is 150 Å². The van der Waals surface area contributed by atoms with Crippen molar-refractivity contribution in [2.24, 2.45) is 0 Å². The van der Waals surface area contributed by atoms with Gasteiger partial charge in [-0.3, -0.25) is 9.48 Å². The van der Waals surface area contributed by atoms with Crippen molar-refractivity contribution in [3.8, 4) is 0 Å². The van der Waals surface area contributed by atoms with Crippen LogP contribution in [-0.2, 0) is 30.8 Å². The van der Waals surface area contributed by atoms with E-state index in [1.54, 1.807) is 6.07 Å². The van der Waals surface area contributed by atoms with Crippen LogP contribution in [-0.4, -0.2) is 32.2 Å². The number of benzene rings is 1. The molecular formula is C18H21FN6O. The Morgan fingerprint density at radius 3 is 3.19 bits per heavy atom. The molecule has 0 spiro atoms. The van der Waals surface area contributed by atoms with Gasteiger partial charge in [0.1, 0.15) is 11.6 Å². The number of hydrogen-bond donors (Lipinski definition) is 3. The predicted molar refractivity (Wildman–Crippen MR) is 94.8 cm³/mol. The van der Waals surface area contributed by atoms with Crippen LogP contribution < -0.4 is 10.6 Å². The maximum Gasteiger partial charge on any atom is 0.220 e. The number of aryl methyl sites for hydroxylation is 2. The zero-order valence-electron chi connectivity index (χ0n) is 14.4. The van der Waals surface area contributed by atoms with E-state index in [9.17, 15) is 9.18 Å². The number of aromatic amines is 1. The molecule has 136 valence electrons. The summed E-state index contributed by atoms with van der Waals surface area (Å²) in [5, 5.41) is 10.8. The first-order valence-corrected chi connectivity index (χ1v) is 8.84. The van der Waals surface area contributed by atoms with Gasteiger partial charge in [-0.2, -0.15) is 5.10 Å². The van der Waals surface area contributed by atoms with Crippen molar-refractivity contribution >= 4 is 16.9 Å². The van der Waals surface area contributed by atoms with E-state index in [-0.39, 0.29) is 11.7 Å². The van der Waals surface area contributed by atoms with Crippen molar-refractivity contribution in [2.75, 3.05) is 6.54 Å². The molecule has 26 heavy (non-hydrogen) atoms. The molecule has 0 radical (unpaired) electrons. The third-order valence-electron chi connectivity index (χ3n) is 4.49. The average molecular weight is 356 g/mol. The van der Waals surface area contributed by atoms with E-state index in [2.05, 4.69) is 25.7 Å². The van der Waals surface area contributed by atoms with Crippen molar-refractivity contribution in [3.63, 3.8) is 0 Å². The van der Waals surface area contributed by atoms with Crippen molar-refractivity contribution < 1.29 is 9.18 Å². The van der Waals surface area contributed by atoms with E-state index in [0.29, 0.717) is 36.2 Å². The number of hydrogen-bond acceptors (Lipinski definition) is 4. The second kappa shape index (κ2) is 7.25. The highest BCUT2D eigenvalue weighted by molar-refractivity contribution is 5.77. The number of rotatable bonds is 5. The van der Waals surface area contributed by atoms with E-state index in [1.807, 2.05) is 10.7 Å². The molecule has 0 bridgehead atoms. The van der Waals surface area contributed by atoms with Crippen LogP contribution in [0.2, 0.25) is 0 Å². The molecule has 3 heterocycles. The van der Waals surface area contributed by atoms with Crippen molar-refractivity contribution in [1.82, 2.24) is 30.4 Å². The van der Waals surface area contributed by atoms with E-state index >= 15 is 0 Å². The van der Waals surface area contributed by atoms with Gasteiger partial charge in [0, 0.05) is 25.9 Å². The third-order valence-corrected chi connectivity index (χ3v) is 4.49. The fraction of sp³-hybridized carbons (Fsp3) is 0.389. The van der Waals surface area contributed by atoms with Crippen LogP contribution in [0.25, 0.3) is 11.0 Å². The number of fused-ring (bicyclic) bond motifs is 2. The Kier molecular flexibility index (Phi) is 4.66. The molecule has 8 heteroatoms. The van der Waals surface area contributed by atoms with Crippen LogP contribution in [0.1, 0.15) is 30.1 Å². The van der Waals surface area contributed by atoms with Crippen LogP contribution >= 0.6 is 0 Å². The van der Waals surface area contributed by atoms with Crippen molar-refractivity contribution in [3.05, 3.63) is 47.3 Å². The maximum absolute atomic E-state index is 13.2. The Bertz CT molecular complexity index is 908. The van der Waals surface area contributed by atoms with Gasteiger partial charge in [-0.15, -0.1) is 0 Å². The van der Waals surface area contributed by atoms with Gasteiger partial charge in [0.25, 0.3) is 0 Å². The number of nitrogens with one attached hydrogen (secondary N) is 3. The van der Waals surface area contributed by atoms with Crippen LogP contribution in [0.4, 0.5) is 4.39 Å². The topological polar surface area (TPSA) is 87.6 Å². The minimum atomic E-state index is -0.306. The van der Waals surface area contributed by atoms with Gasteiger partial charge in [0.2, 0.25) is 5.91 Å². The standard InChI is InChI=1S/C18H21FN6O/c19-12-2-3-15-16(8-12)23-17(22-15)4-5-18(26)21-10-13-9-14-11-20-6-1-7-25(14)24-13/h2-3,8-9,20H,1,4-7,10-11H2,(H,21,26)(H,22,23). The fourth-order valence-corrected chi connectivity index (χ4v) is 3.17. The maximum atomic E-state index is 13.2. The molecule has 1 aromatic carbocycles. The van der Waals surface area contributed by atoms with Gasteiger partial charge < -0.3 is 15.6 Å². The highest BCUT2D eigenvalue weighted by Crippen LogP contribution is 2.14. The highest BCUT2D eigenvalue weighted by Gasteiger charge is 2.12. The van der Waals surface area contributed by atoms with Crippen molar-refractivity contribution in [1.29, 1.82) is 0 Å². The van der Waals surface area contributed by atoms with Crippen LogP contribution in [0.3, 0.4) is 0 Å². The second-order valence-electron chi connectivity index (χ2n) is 6.50. The summed E-state index contributed by atoms with van der Waals surface area (Å²) in [5.41, 5.74) is 3.38. The van der Waals surface area contributed by atoms with E-state index in [4.69, 9.17) is 0 Å². The molecule has 3 aromatic rings. The van der Waals surface area contributed by atoms with Gasteiger partial charge in [-0.1, -0.05) is 0 Å². The van der Waals surface area contributed by atoms with Crippen LogP contribution in [0.5, 0.6) is 0 Å². The summed E-state index contributed by atoms with van der Waals surface area (Å²) in [6, 6.07) is 6.44. The lowest BCUT2D eigenvalue weighted by Gasteiger charge is -2.02. The summed E-state index contributed by atoms with van der Waals surface area (Å²) in [6.07, 6.45) is 1.85. The molecule has 1 aliphatic rings.